The summed E-state index contributed by atoms with van der Waals surface area (Å²) in [7, 11) is 3.21. The molecule has 8 heteroatoms. The number of carbonyl (C=O) groups is 3. The number of benzene rings is 1. The van der Waals surface area contributed by atoms with Gasteiger partial charge in [-0.15, -0.1) is 0 Å². The molecule has 0 radical (unpaired) electrons. The summed E-state index contributed by atoms with van der Waals surface area (Å²) in [5.41, 5.74) is 0.694. The van der Waals surface area contributed by atoms with Gasteiger partial charge in [-0.05, 0) is 24.6 Å². The fraction of sp³-hybridized carbons (Fsp3) is 0.400. The average molecular weight is 340 g/mol. The van der Waals surface area contributed by atoms with Crippen molar-refractivity contribution in [2.45, 2.75) is 6.42 Å². The third kappa shape index (κ3) is 3.92. The Morgan fingerprint density at radius 3 is 2.61 bits per heavy atom. The standard InChI is InChI=1S/C15H18ClN3O4/c1-18(2)15(23)17-10-3-4-12(16)11(7-10)13(20)19-6-5-9(8-19)14(21)22/h3-4,7,9H,5-6,8H2,1-2H3,(H,17,23)(H,21,22). The van der Waals surface area contributed by atoms with E-state index < -0.39 is 11.9 Å². The van der Waals surface area contributed by atoms with Crippen molar-refractivity contribution in [2.24, 2.45) is 5.92 Å². The van der Waals surface area contributed by atoms with Crippen LogP contribution in [0.3, 0.4) is 0 Å². The highest BCUT2D eigenvalue weighted by molar-refractivity contribution is 6.34. The maximum Gasteiger partial charge on any atom is 0.321 e. The smallest absolute Gasteiger partial charge is 0.321 e. The van der Waals surface area contributed by atoms with E-state index in [-0.39, 0.29) is 29.1 Å². The zero-order valence-corrected chi connectivity index (χ0v) is 13.6. The minimum Gasteiger partial charge on any atom is -0.481 e. The molecule has 1 aromatic carbocycles. The van der Waals surface area contributed by atoms with Gasteiger partial charge in [0, 0.05) is 32.9 Å². The number of hydrogen-bond donors (Lipinski definition) is 2. The summed E-state index contributed by atoms with van der Waals surface area (Å²) in [5.74, 6) is -1.78. The van der Waals surface area contributed by atoms with Gasteiger partial charge < -0.3 is 20.2 Å². The molecule has 0 bridgehead atoms. The first-order valence-electron chi connectivity index (χ1n) is 7.09. The number of carbonyl (C=O) groups excluding carboxylic acids is 2. The van der Waals surface area contributed by atoms with Crippen LogP contribution in [0.2, 0.25) is 5.02 Å². The third-order valence-corrected chi connectivity index (χ3v) is 4.01. The van der Waals surface area contributed by atoms with E-state index in [0.29, 0.717) is 18.7 Å². The van der Waals surface area contributed by atoms with Gasteiger partial charge in [0.15, 0.2) is 0 Å². The normalized spacial score (nSPS) is 17.0. The second kappa shape index (κ2) is 6.87. The molecule has 3 amide bonds. The second-order valence-electron chi connectivity index (χ2n) is 5.59. The van der Waals surface area contributed by atoms with Crippen molar-refractivity contribution in [2.75, 3.05) is 32.5 Å². The quantitative estimate of drug-likeness (QED) is 0.881. The van der Waals surface area contributed by atoms with Crippen molar-refractivity contribution in [3.63, 3.8) is 0 Å². The van der Waals surface area contributed by atoms with E-state index in [1.807, 2.05) is 0 Å². The lowest BCUT2D eigenvalue weighted by molar-refractivity contribution is -0.141. The fourth-order valence-electron chi connectivity index (χ4n) is 2.32. The Bertz CT molecular complexity index is 648. The van der Waals surface area contributed by atoms with E-state index in [4.69, 9.17) is 16.7 Å². The van der Waals surface area contributed by atoms with Crippen LogP contribution in [0, 0.1) is 5.92 Å². The molecule has 23 heavy (non-hydrogen) atoms. The fourth-order valence-corrected chi connectivity index (χ4v) is 2.52. The number of hydrogen-bond acceptors (Lipinski definition) is 3. The van der Waals surface area contributed by atoms with Crippen LogP contribution in [0.1, 0.15) is 16.8 Å². The lowest BCUT2D eigenvalue weighted by atomic mass is 10.1. The van der Waals surface area contributed by atoms with Crippen LogP contribution in [0.25, 0.3) is 0 Å². The molecule has 1 saturated heterocycles. The van der Waals surface area contributed by atoms with Gasteiger partial charge in [0.1, 0.15) is 0 Å². The van der Waals surface area contributed by atoms with Gasteiger partial charge in [-0.25, -0.2) is 4.79 Å². The monoisotopic (exact) mass is 339 g/mol. The summed E-state index contributed by atoms with van der Waals surface area (Å²) >= 11 is 6.08. The van der Waals surface area contributed by atoms with Crippen LogP contribution in [0.15, 0.2) is 18.2 Å². The number of nitrogens with zero attached hydrogens (tertiary/aromatic N) is 2. The third-order valence-electron chi connectivity index (χ3n) is 3.68. The Hall–Kier alpha value is -2.28. The first-order valence-corrected chi connectivity index (χ1v) is 7.47. The molecule has 0 aromatic heterocycles. The predicted molar refractivity (Wildman–Crippen MR) is 85.8 cm³/mol. The van der Waals surface area contributed by atoms with Gasteiger partial charge in [-0.1, -0.05) is 11.6 Å². The topological polar surface area (TPSA) is 90.0 Å². The minimum absolute atomic E-state index is 0.165. The van der Waals surface area contributed by atoms with Gasteiger partial charge in [0.05, 0.1) is 16.5 Å². The number of carboxylic acids is 1. The molecule has 1 aliphatic heterocycles. The predicted octanol–water partition coefficient (Wildman–Crippen LogP) is 1.98. The van der Waals surface area contributed by atoms with Gasteiger partial charge in [-0.2, -0.15) is 0 Å². The molecule has 124 valence electrons. The van der Waals surface area contributed by atoms with Crippen LogP contribution >= 0.6 is 11.6 Å². The average Bonchev–Trinajstić information content (AvgIpc) is 2.98. The van der Waals surface area contributed by atoms with Crippen molar-refractivity contribution < 1.29 is 19.5 Å². The van der Waals surface area contributed by atoms with Gasteiger partial charge in [0.2, 0.25) is 0 Å². The summed E-state index contributed by atoms with van der Waals surface area (Å²) in [6.45, 7) is 0.541. The highest BCUT2D eigenvalue weighted by Crippen LogP contribution is 2.25. The second-order valence-corrected chi connectivity index (χ2v) is 6.00. The molecule has 1 aliphatic rings. The number of amides is 3. The van der Waals surface area contributed by atoms with Crippen molar-refractivity contribution >= 4 is 35.2 Å². The van der Waals surface area contributed by atoms with Gasteiger partial charge in [0.25, 0.3) is 5.91 Å². The minimum atomic E-state index is -0.904. The zero-order chi connectivity index (χ0) is 17.1. The molecule has 1 aromatic rings. The number of rotatable bonds is 3. The van der Waals surface area contributed by atoms with Crippen LogP contribution in [0.5, 0.6) is 0 Å². The van der Waals surface area contributed by atoms with Gasteiger partial charge >= 0.3 is 12.0 Å². The van der Waals surface area contributed by atoms with Crippen LogP contribution in [-0.4, -0.2) is 60.0 Å². The number of halogens is 1. The number of likely N-dealkylation sites (tertiary alicyclic amines) is 1. The number of carboxylic acid groups (broad SMARTS) is 1. The molecule has 0 spiro atoms. The van der Waals surface area contributed by atoms with Crippen LogP contribution < -0.4 is 5.32 Å². The Kier molecular flexibility index (Phi) is 5.10. The van der Waals surface area contributed by atoms with E-state index in [9.17, 15) is 14.4 Å². The summed E-state index contributed by atoms with van der Waals surface area (Å²) in [4.78, 5) is 38.0. The van der Waals surface area contributed by atoms with Crippen molar-refractivity contribution in [3.05, 3.63) is 28.8 Å². The Morgan fingerprint density at radius 1 is 1.35 bits per heavy atom. The number of aliphatic carboxylic acids is 1. The summed E-state index contributed by atoms with van der Waals surface area (Å²) in [6, 6.07) is 4.31. The molecule has 0 aliphatic carbocycles. The van der Waals surface area contributed by atoms with Crippen LogP contribution in [-0.2, 0) is 4.79 Å². The van der Waals surface area contributed by atoms with Crippen molar-refractivity contribution in [1.82, 2.24) is 9.80 Å². The van der Waals surface area contributed by atoms with Crippen molar-refractivity contribution in [1.29, 1.82) is 0 Å². The molecule has 1 unspecified atom stereocenters. The SMILES string of the molecule is CN(C)C(=O)Nc1ccc(Cl)c(C(=O)N2CCC(C(=O)O)C2)c1. The largest absolute Gasteiger partial charge is 0.481 e. The lowest BCUT2D eigenvalue weighted by Gasteiger charge is -2.18. The van der Waals surface area contributed by atoms with Gasteiger partial charge in [-0.3, -0.25) is 9.59 Å². The zero-order valence-electron chi connectivity index (χ0n) is 12.9. The Labute approximate surface area is 138 Å². The van der Waals surface area contributed by atoms with Crippen LogP contribution in [0.4, 0.5) is 10.5 Å². The maximum absolute atomic E-state index is 12.5. The summed E-state index contributed by atoms with van der Waals surface area (Å²) in [5, 5.41) is 11.9. The molecule has 2 N–H and O–H groups in total. The number of urea groups is 1. The molecule has 2 rings (SSSR count). The van der Waals surface area contributed by atoms with Crippen molar-refractivity contribution in [3.8, 4) is 0 Å². The van der Waals surface area contributed by atoms with E-state index in [1.165, 1.54) is 21.9 Å². The molecule has 0 saturated carbocycles. The number of nitrogens with one attached hydrogen (secondary N) is 1. The molecule has 1 fully saturated rings. The van der Waals surface area contributed by atoms with E-state index in [0.717, 1.165) is 0 Å². The molecular formula is C15H18ClN3O4. The van der Waals surface area contributed by atoms with E-state index in [2.05, 4.69) is 5.32 Å². The molecule has 1 atom stereocenters. The molecular weight excluding hydrogens is 322 g/mol. The van der Waals surface area contributed by atoms with E-state index >= 15 is 0 Å². The Balaban J connectivity index is 2.17. The highest BCUT2D eigenvalue weighted by Gasteiger charge is 2.32. The highest BCUT2D eigenvalue weighted by atomic mass is 35.5. The summed E-state index contributed by atoms with van der Waals surface area (Å²) < 4.78 is 0. The van der Waals surface area contributed by atoms with E-state index in [1.54, 1.807) is 20.2 Å². The lowest BCUT2D eigenvalue weighted by Crippen LogP contribution is -2.30. The summed E-state index contributed by atoms with van der Waals surface area (Å²) in [6.07, 6.45) is 0.426. The first kappa shape index (κ1) is 17.1. The Morgan fingerprint density at radius 2 is 2.04 bits per heavy atom. The maximum atomic E-state index is 12.5. The first-order chi connectivity index (χ1) is 10.8. The molecule has 1 heterocycles. The molecule has 7 nitrogen and oxygen atoms in total. The number of anilines is 1.